The van der Waals surface area contributed by atoms with E-state index in [0.29, 0.717) is 5.25 Å². The van der Waals surface area contributed by atoms with Gasteiger partial charge in [0.25, 0.3) is 0 Å². The van der Waals surface area contributed by atoms with Gasteiger partial charge in [0.1, 0.15) is 0 Å². The molecule has 0 atom stereocenters. The van der Waals surface area contributed by atoms with Crippen LogP contribution in [-0.4, -0.2) is 25.0 Å². The highest BCUT2D eigenvalue weighted by molar-refractivity contribution is 7.99. The molecule has 2 aliphatic carbocycles. The van der Waals surface area contributed by atoms with Crippen molar-refractivity contribution in [3.05, 3.63) is 24.2 Å². The zero-order valence-electron chi connectivity index (χ0n) is 13.7. The molecule has 0 radical (unpaired) electrons. The molecule has 2 fully saturated rings. The highest BCUT2D eigenvalue weighted by Crippen LogP contribution is 2.36. The molecular weight excluding hydrogens is 304 g/mol. The summed E-state index contributed by atoms with van der Waals surface area (Å²) in [6, 6.07) is 2.03. The van der Waals surface area contributed by atoms with Gasteiger partial charge < -0.3 is 0 Å². The summed E-state index contributed by atoms with van der Waals surface area (Å²) >= 11 is 1.86. The minimum Gasteiger partial charge on any atom is -0.272 e. The molecule has 0 bridgehead atoms. The highest BCUT2D eigenvalue weighted by Gasteiger charge is 2.25. The molecule has 0 aromatic carbocycles. The maximum Gasteiger partial charge on any atom is 0.188 e. The first-order chi connectivity index (χ1) is 11.3. The topological polar surface area (TPSA) is 43.6 Å². The first-order valence-electron chi connectivity index (χ1n) is 8.80. The number of aromatic nitrogens is 4. The summed E-state index contributed by atoms with van der Waals surface area (Å²) in [7, 11) is 2.04. The zero-order valence-corrected chi connectivity index (χ0v) is 14.6. The zero-order chi connectivity index (χ0) is 15.6. The Morgan fingerprint density at radius 2 is 2.00 bits per heavy atom. The van der Waals surface area contributed by atoms with Crippen LogP contribution in [0, 0.1) is 5.92 Å². The van der Waals surface area contributed by atoms with Gasteiger partial charge in [-0.2, -0.15) is 5.10 Å². The van der Waals surface area contributed by atoms with E-state index in [1.54, 1.807) is 0 Å². The van der Waals surface area contributed by atoms with E-state index in [1.165, 1.54) is 56.2 Å². The number of rotatable bonds is 5. The summed E-state index contributed by atoms with van der Waals surface area (Å²) in [5, 5.41) is 6.09. The van der Waals surface area contributed by atoms with Crippen LogP contribution in [0.3, 0.4) is 0 Å². The van der Waals surface area contributed by atoms with E-state index in [4.69, 9.17) is 4.98 Å². The van der Waals surface area contributed by atoms with Gasteiger partial charge in [-0.3, -0.25) is 4.68 Å². The average Bonchev–Trinajstić information content (AvgIpc) is 3.32. The van der Waals surface area contributed by atoms with Crippen LogP contribution >= 0.6 is 11.8 Å². The highest BCUT2D eigenvalue weighted by atomic mass is 32.2. The second-order valence-electron chi connectivity index (χ2n) is 6.88. The van der Waals surface area contributed by atoms with E-state index >= 15 is 0 Å². The molecule has 5 heteroatoms. The number of nitrogens with zero attached hydrogens (tertiary/aromatic N) is 4. The monoisotopic (exact) mass is 328 g/mol. The third-order valence-electron chi connectivity index (χ3n) is 4.97. The SMILES string of the molecule is Cn1ncc(-c2ccnc(SC3CCCCC3)n2)c1CC1CC1. The average molecular weight is 328 g/mol. The standard InChI is InChI=1S/C18H24N4S/c1-22-17(11-13-7-8-13)15(12-20-22)16-9-10-19-18(21-16)23-14-5-3-2-4-6-14/h9-10,12-14H,2-8,11H2,1H3. The predicted octanol–water partition coefficient (Wildman–Crippen LogP) is 4.25. The maximum atomic E-state index is 4.84. The van der Waals surface area contributed by atoms with Crippen LogP contribution < -0.4 is 0 Å². The van der Waals surface area contributed by atoms with Gasteiger partial charge in [-0.1, -0.05) is 31.0 Å². The lowest BCUT2D eigenvalue weighted by atomic mass is 10.0. The van der Waals surface area contributed by atoms with Crippen molar-refractivity contribution in [2.45, 2.75) is 61.8 Å². The summed E-state index contributed by atoms with van der Waals surface area (Å²) in [6.07, 6.45) is 14.4. The van der Waals surface area contributed by atoms with Crippen LogP contribution in [0.1, 0.15) is 50.6 Å². The van der Waals surface area contributed by atoms with Crippen molar-refractivity contribution in [3.63, 3.8) is 0 Å². The molecule has 2 aromatic rings. The predicted molar refractivity (Wildman–Crippen MR) is 93.4 cm³/mol. The minimum absolute atomic E-state index is 0.693. The lowest BCUT2D eigenvalue weighted by molar-refractivity contribution is 0.515. The van der Waals surface area contributed by atoms with E-state index < -0.39 is 0 Å². The Labute approximate surface area is 142 Å². The van der Waals surface area contributed by atoms with Gasteiger partial charge in [-0.15, -0.1) is 0 Å². The summed E-state index contributed by atoms with van der Waals surface area (Å²) in [4.78, 5) is 9.33. The molecule has 2 heterocycles. The van der Waals surface area contributed by atoms with Crippen molar-refractivity contribution in [1.29, 1.82) is 0 Å². The van der Waals surface area contributed by atoms with Gasteiger partial charge in [-0.05, 0) is 44.1 Å². The summed E-state index contributed by atoms with van der Waals surface area (Å²) in [6.45, 7) is 0. The third kappa shape index (κ3) is 3.60. The Hall–Kier alpha value is -1.36. The van der Waals surface area contributed by atoms with Gasteiger partial charge in [-0.25, -0.2) is 9.97 Å². The molecule has 2 aromatic heterocycles. The molecule has 0 aliphatic heterocycles. The van der Waals surface area contributed by atoms with Gasteiger partial charge in [0.2, 0.25) is 0 Å². The smallest absolute Gasteiger partial charge is 0.188 e. The number of hydrogen-bond acceptors (Lipinski definition) is 4. The van der Waals surface area contributed by atoms with Crippen LogP contribution in [0.25, 0.3) is 11.3 Å². The fraction of sp³-hybridized carbons (Fsp3) is 0.611. The minimum atomic E-state index is 0.693. The molecular formula is C18H24N4S. The first-order valence-corrected chi connectivity index (χ1v) is 9.68. The number of thioether (sulfide) groups is 1. The van der Waals surface area contributed by atoms with Crippen molar-refractivity contribution in [3.8, 4) is 11.3 Å². The van der Waals surface area contributed by atoms with Crippen LogP contribution in [0.5, 0.6) is 0 Å². The number of aryl methyl sites for hydroxylation is 1. The molecule has 2 saturated carbocycles. The van der Waals surface area contributed by atoms with E-state index in [2.05, 4.69) is 10.1 Å². The second kappa shape index (κ2) is 6.63. The van der Waals surface area contributed by atoms with Crippen molar-refractivity contribution >= 4 is 11.8 Å². The van der Waals surface area contributed by atoms with E-state index in [1.807, 2.05) is 42.0 Å². The van der Waals surface area contributed by atoms with Gasteiger partial charge in [0, 0.05) is 29.8 Å². The summed E-state index contributed by atoms with van der Waals surface area (Å²) < 4.78 is 2.02. The Balaban J connectivity index is 1.55. The Morgan fingerprint density at radius 3 is 2.78 bits per heavy atom. The normalized spacial score (nSPS) is 19.2. The Morgan fingerprint density at radius 1 is 1.17 bits per heavy atom. The molecule has 0 amide bonds. The van der Waals surface area contributed by atoms with Crippen molar-refractivity contribution < 1.29 is 0 Å². The summed E-state index contributed by atoms with van der Waals surface area (Å²) in [5.41, 5.74) is 3.54. The Bertz CT molecular complexity index is 671. The fourth-order valence-corrected chi connectivity index (χ4v) is 4.53. The van der Waals surface area contributed by atoms with Gasteiger partial charge in [0.15, 0.2) is 5.16 Å². The van der Waals surface area contributed by atoms with Gasteiger partial charge >= 0.3 is 0 Å². The third-order valence-corrected chi connectivity index (χ3v) is 6.19. The lowest BCUT2D eigenvalue weighted by Crippen LogP contribution is -2.08. The van der Waals surface area contributed by atoms with E-state index in [-0.39, 0.29) is 0 Å². The molecule has 2 aliphatic rings. The van der Waals surface area contributed by atoms with Gasteiger partial charge in [0.05, 0.1) is 11.9 Å². The van der Waals surface area contributed by atoms with Crippen molar-refractivity contribution in [2.75, 3.05) is 0 Å². The van der Waals surface area contributed by atoms with E-state index in [9.17, 15) is 0 Å². The van der Waals surface area contributed by atoms with Crippen LogP contribution in [0.2, 0.25) is 0 Å². The molecule has 4 rings (SSSR count). The van der Waals surface area contributed by atoms with Crippen LogP contribution in [0.4, 0.5) is 0 Å². The van der Waals surface area contributed by atoms with Crippen LogP contribution in [0.15, 0.2) is 23.6 Å². The molecule has 4 nitrogen and oxygen atoms in total. The molecule has 122 valence electrons. The molecule has 0 saturated heterocycles. The Kier molecular flexibility index (Phi) is 4.38. The van der Waals surface area contributed by atoms with Crippen LogP contribution in [-0.2, 0) is 13.5 Å². The second-order valence-corrected chi connectivity index (χ2v) is 8.15. The lowest BCUT2D eigenvalue weighted by Gasteiger charge is -2.20. The maximum absolute atomic E-state index is 4.84. The van der Waals surface area contributed by atoms with Crippen molar-refractivity contribution in [2.24, 2.45) is 13.0 Å². The largest absolute Gasteiger partial charge is 0.272 e. The molecule has 0 N–H and O–H groups in total. The first kappa shape index (κ1) is 15.2. The molecule has 23 heavy (non-hydrogen) atoms. The molecule has 0 unspecified atom stereocenters. The number of hydrogen-bond donors (Lipinski definition) is 0. The van der Waals surface area contributed by atoms with E-state index in [0.717, 1.165) is 23.2 Å². The fourth-order valence-electron chi connectivity index (χ4n) is 3.39. The quantitative estimate of drug-likeness (QED) is 0.769. The van der Waals surface area contributed by atoms with Crippen molar-refractivity contribution in [1.82, 2.24) is 19.7 Å². The molecule has 0 spiro atoms. The summed E-state index contributed by atoms with van der Waals surface area (Å²) in [5.74, 6) is 0.849.